The lowest BCUT2D eigenvalue weighted by Crippen LogP contribution is -2.37. The number of carbonyl (C=O) groups excluding carboxylic acids is 1. The number of para-hydroxylation sites is 1. The smallest absolute Gasteiger partial charge is 0.276 e. The molecule has 6 heteroatoms. The van der Waals surface area contributed by atoms with Gasteiger partial charge in [0.05, 0.1) is 22.8 Å². The second kappa shape index (κ2) is 9.13. The maximum absolute atomic E-state index is 13.5. The topological polar surface area (TPSA) is 63.7 Å². The number of hydrogen-bond acceptors (Lipinski definition) is 4. The number of amides is 1. The summed E-state index contributed by atoms with van der Waals surface area (Å²) < 4.78 is 33.5. The monoisotopic (exact) mass is 423 g/mol. The number of aryl methyl sites for hydroxylation is 2. The van der Waals surface area contributed by atoms with Crippen LogP contribution in [0.15, 0.2) is 77.7 Å². The molecule has 3 aromatic carbocycles. The molecule has 1 amide bonds. The summed E-state index contributed by atoms with van der Waals surface area (Å²) in [5.74, 6) is -0.317. The normalized spacial score (nSPS) is 11.2. The molecular formula is C24H25NO4S. The summed E-state index contributed by atoms with van der Waals surface area (Å²) >= 11 is 0. The minimum absolute atomic E-state index is 0.0508. The molecule has 0 aromatic heterocycles. The number of sulfonamides is 1. The Morgan fingerprint density at radius 3 is 2.13 bits per heavy atom. The summed E-state index contributed by atoms with van der Waals surface area (Å²) in [6, 6.07) is 20.1. The van der Waals surface area contributed by atoms with Crippen molar-refractivity contribution in [1.82, 2.24) is 0 Å². The SMILES string of the molecule is CCOc1ccccc1C(=O)N(c1ccc(CC)cc1)S(=O)(=O)c1ccc(C)cc1. The first-order valence-corrected chi connectivity index (χ1v) is 11.3. The van der Waals surface area contributed by atoms with Gasteiger partial charge in [-0.2, -0.15) is 4.31 Å². The second-order valence-corrected chi connectivity index (χ2v) is 8.62. The van der Waals surface area contributed by atoms with Gasteiger partial charge >= 0.3 is 0 Å². The minimum Gasteiger partial charge on any atom is -0.493 e. The summed E-state index contributed by atoms with van der Waals surface area (Å²) in [5, 5.41) is 0. The van der Waals surface area contributed by atoms with Gasteiger partial charge < -0.3 is 4.74 Å². The third-order valence-electron chi connectivity index (χ3n) is 4.74. The molecule has 0 radical (unpaired) electrons. The van der Waals surface area contributed by atoms with Crippen molar-refractivity contribution in [3.63, 3.8) is 0 Å². The van der Waals surface area contributed by atoms with Crippen molar-refractivity contribution in [1.29, 1.82) is 0 Å². The first-order chi connectivity index (χ1) is 14.4. The van der Waals surface area contributed by atoms with E-state index >= 15 is 0 Å². The van der Waals surface area contributed by atoms with Crippen LogP contribution >= 0.6 is 0 Å². The Morgan fingerprint density at radius 1 is 0.900 bits per heavy atom. The average molecular weight is 424 g/mol. The summed E-state index contributed by atoms with van der Waals surface area (Å²) in [6.07, 6.45) is 0.812. The Labute approximate surface area is 178 Å². The molecule has 156 valence electrons. The van der Waals surface area contributed by atoms with E-state index < -0.39 is 15.9 Å². The van der Waals surface area contributed by atoms with Gasteiger partial charge in [-0.05, 0) is 62.2 Å². The molecule has 0 heterocycles. The van der Waals surface area contributed by atoms with E-state index in [0.29, 0.717) is 12.4 Å². The molecule has 0 saturated heterocycles. The van der Waals surface area contributed by atoms with Crippen LogP contribution in [0.1, 0.15) is 35.3 Å². The Hall–Kier alpha value is -3.12. The number of ether oxygens (including phenoxy) is 1. The molecule has 0 aliphatic rings. The quantitative estimate of drug-likeness (QED) is 0.537. The number of nitrogens with zero attached hydrogens (tertiary/aromatic N) is 1. The van der Waals surface area contributed by atoms with Crippen molar-refractivity contribution in [2.24, 2.45) is 0 Å². The fraction of sp³-hybridized carbons (Fsp3) is 0.208. The van der Waals surface area contributed by atoms with Crippen LogP contribution in [0.5, 0.6) is 5.75 Å². The van der Waals surface area contributed by atoms with Gasteiger partial charge in [0.25, 0.3) is 15.9 Å². The Kier molecular flexibility index (Phi) is 6.57. The van der Waals surface area contributed by atoms with Crippen LogP contribution in [0, 0.1) is 6.92 Å². The second-order valence-electron chi connectivity index (χ2n) is 6.84. The maximum atomic E-state index is 13.5. The van der Waals surface area contributed by atoms with Crippen molar-refractivity contribution < 1.29 is 17.9 Å². The Morgan fingerprint density at radius 2 is 1.53 bits per heavy atom. The van der Waals surface area contributed by atoms with Gasteiger partial charge in [0.2, 0.25) is 0 Å². The Balaban J connectivity index is 2.17. The summed E-state index contributed by atoms with van der Waals surface area (Å²) in [5.41, 5.74) is 2.45. The van der Waals surface area contributed by atoms with Crippen LogP contribution in [-0.4, -0.2) is 20.9 Å². The highest BCUT2D eigenvalue weighted by molar-refractivity contribution is 7.93. The zero-order valence-corrected chi connectivity index (χ0v) is 18.1. The van der Waals surface area contributed by atoms with Gasteiger partial charge in [-0.25, -0.2) is 8.42 Å². The molecule has 0 aliphatic carbocycles. The van der Waals surface area contributed by atoms with Crippen LogP contribution in [0.25, 0.3) is 0 Å². The van der Waals surface area contributed by atoms with Gasteiger partial charge in [-0.3, -0.25) is 4.79 Å². The van der Waals surface area contributed by atoms with Crippen LogP contribution < -0.4 is 9.04 Å². The third-order valence-corrected chi connectivity index (χ3v) is 6.47. The van der Waals surface area contributed by atoms with E-state index in [9.17, 15) is 13.2 Å². The van der Waals surface area contributed by atoms with Gasteiger partial charge in [-0.15, -0.1) is 0 Å². The van der Waals surface area contributed by atoms with E-state index in [2.05, 4.69) is 0 Å². The van der Waals surface area contributed by atoms with Crippen LogP contribution in [0.2, 0.25) is 0 Å². The molecule has 30 heavy (non-hydrogen) atoms. The minimum atomic E-state index is -4.14. The number of anilines is 1. The number of rotatable bonds is 7. The van der Waals surface area contributed by atoms with E-state index in [1.807, 2.05) is 32.9 Å². The number of carbonyl (C=O) groups is 1. The number of hydrogen-bond donors (Lipinski definition) is 0. The highest BCUT2D eigenvalue weighted by atomic mass is 32.2. The molecule has 3 aromatic rings. The average Bonchev–Trinajstić information content (AvgIpc) is 2.75. The predicted octanol–water partition coefficient (Wildman–Crippen LogP) is 4.99. The van der Waals surface area contributed by atoms with E-state index in [4.69, 9.17) is 4.74 Å². The van der Waals surface area contributed by atoms with Crippen molar-refractivity contribution in [2.45, 2.75) is 32.1 Å². The zero-order chi connectivity index (χ0) is 21.7. The van der Waals surface area contributed by atoms with Crippen LogP contribution in [0.3, 0.4) is 0 Å². The van der Waals surface area contributed by atoms with E-state index in [-0.39, 0.29) is 16.1 Å². The van der Waals surface area contributed by atoms with Crippen molar-refractivity contribution >= 4 is 21.6 Å². The zero-order valence-electron chi connectivity index (χ0n) is 17.3. The first-order valence-electron chi connectivity index (χ1n) is 9.85. The lowest BCUT2D eigenvalue weighted by Gasteiger charge is -2.24. The first kappa shape index (κ1) is 21.6. The fourth-order valence-corrected chi connectivity index (χ4v) is 4.49. The molecule has 0 N–H and O–H groups in total. The van der Waals surface area contributed by atoms with Crippen molar-refractivity contribution in [2.75, 3.05) is 10.9 Å². The third kappa shape index (κ3) is 4.39. The fourth-order valence-electron chi connectivity index (χ4n) is 3.08. The molecule has 0 saturated carbocycles. The molecule has 0 bridgehead atoms. The van der Waals surface area contributed by atoms with Crippen molar-refractivity contribution in [3.8, 4) is 5.75 Å². The summed E-state index contributed by atoms with van der Waals surface area (Å²) in [4.78, 5) is 13.6. The van der Waals surface area contributed by atoms with Gasteiger partial charge in [0, 0.05) is 0 Å². The lowest BCUT2D eigenvalue weighted by molar-refractivity contribution is 0.100. The maximum Gasteiger partial charge on any atom is 0.276 e. The van der Waals surface area contributed by atoms with Gasteiger partial charge in [0.15, 0.2) is 0 Å². The molecular weight excluding hydrogens is 398 g/mol. The van der Waals surface area contributed by atoms with Gasteiger partial charge in [0.1, 0.15) is 5.75 Å². The highest BCUT2D eigenvalue weighted by Crippen LogP contribution is 2.29. The summed E-state index contributed by atoms with van der Waals surface area (Å²) in [6.45, 7) is 6.06. The molecule has 3 rings (SSSR count). The van der Waals surface area contributed by atoms with E-state index in [1.165, 1.54) is 12.1 Å². The number of benzene rings is 3. The largest absolute Gasteiger partial charge is 0.493 e. The predicted molar refractivity (Wildman–Crippen MR) is 119 cm³/mol. The van der Waals surface area contributed by atoms with Gasteiger partial charge in [-0.1, -0.05) is 48.9 Å². The summed E-state index contributed by atoms with van der Waals surface area (Å²) in [7, 11) is -4.14. The van der Waals surface area contributed by atoms with Crippen LogP contribution in [0.4, 0.5) is 5.69 Å². The Bertz CT molecular complexity index is 1120. The van der Waals surface area contributed by atoms with Crippen molar-refractivity contribution in [3.05, 3.63) is 89.5 Å². The molecule has 0 spiro atoms. The molecule has 0 fully saturated rings. The van der Waals surface area contributed by atoms with E-state index in [1.54, 1.807) is 48.5 Å². The highest BCUT2D eigenvalue weighted by Gasteiger charge is 2.33. The molecule has 0 aliphatic heterocycles. The molecule has 0 unspecified atom stereocenters. The van der Waals surface area contributed by atoms with Crippen LogP contribution in [-0.2, 0) is 16.4 Å². The molecule has 0 atom stereocenters. The standard InChI is InChI=1S/C24H25NO4S/c1-4-19-12-14-20(15-13-19)25(30(27,28)21-16-10-18(3)11-17-21)24(26)22-8-6-7-9-23(22)29-5-2/h6-17H,4-5H2,1-3H3. The molecule has 5 nitrogen and oxygen atoms in total. The lowest BCUT2D eigenvalue weighted by atomic mass is 10.1. The van der Waals surface area contributed by atoms with E-state index in [0.717, 1.165) is 21.9 Å².